The summed E-state index contributed by atoms with van der Waals surface area (Å²) in [5.41, 5.74) is 2.11. The van der Waals surface area contributed by atoms with Gasteiger partial charge in [0, 0.05) is 56.4 Å². The number of carbonyl (C=O) groups excluding carboxylic acids is 2. The summed E-state index contributed by atoms with van der Waals surface area (Å²) in [6, 6.07) is 16.1. The fraction of sp³-hybridized carbons (Fsp3) is 0.345. The number of hydrogen-bond acceptors (Lipinski definition) is 4. The molecule has 2 amide bonds. The minimum atomic E-state index is -3.28. The minimum Gasteiger partial charge on any atom is -0.337 e. The van der Waals surface area contributed by atoms with Gasteiger partial charge in [0.05, 0.1) is 28.8 Å². The predicted octanol–water partition coefficient (Wildman–Crippen LogP) is 4.70. The van der Waals surface area contributed by atoms with Gasteiger partial charge in [0.2, 0.25) is 5.91 Å². The number of carbonyl (C=O) groups is 2. The first-order valence-electron chi connectivity index (χ1n) is 12.9. The van der Waals surface area contributed by atoms with Gasteiger partial charge in [-0.1, -0.05) is 43.3 Å². The molecule has 0 radical (unpaired) electrons. The highest BCUT2D eigenvalue weighted by Gasteiger charge is 2.42. The van der Waals surface area contributed by atoms with Crippen molar-refractivity contribution < 1.29 is 18.4 Å². The number of fused-ring (bicyclic) bond motifs is 1. The summed E-state index contributed by atoms with van der Waals surface area (Å²) in [7, 11) is 1.97. The highest BCUT2D eigenvalue weighted by atomic mass is 35.5. The second kappa shape index (κ2) is 11.7. The van der Waals surface area contributed by atoms with Crippen LogP contribution in [0.1, 0.15) is 35.0 Å². The van der Waals surface area contributed by atoms with Gasteiger partial charge in [-0.3, -0.25) is 9.59 Å². The molecule has 10 heteroatoms. The molecule has 0 spiro atoms. The molecule has 2 aliphatic heterocycles. The summed E-state index contributed by atoms with van der Waals surface area (Å²) in [5, 5.41) is 4.45. The van der Waals surface area contributed by atoms with Crippen LogP contribution in [0.2, 0.25) is 0 Å². The Bertz CT molecular complexity index is 1370. The number of rotatable bonds is 4. The first-order chi connectivity index (χ1) is 18.3. The lowest BCUT2D eigenvalue weighted by Gasteiger charge is -2.32. The fourth-order valence-electron chi connectivity index (χ4n) is 5.11. The van der Waals surface area contributed by atoms with E-state index < -0.39 is 18.3 Å². The second-order valence-electron chi connectivity index (χ2n) is 9.72. The molecule has 7 nitrogen and oxygen atoms in total. The molecule has 0 unspecified atom stereocenters. The van der Waals surface area contributed by atoms with Crippen molar-refractivity contribution in [2.75, 3.05) is 44.7 Å². The molecule has 0 saturated carbocycles. The van der Waals surface area contributed by atoms with E-state index in [1.807, 2.05) is 44.3 Å². The quantitative estimate of drug-likeness (QED) is 0.438. The van der Waals surface area contributed by atoms with Crippen molar-refractivity contribution in [3.8, 4) is 5.69 Å². The Hall–Kier alpha value is -3.56. The van der Waals surface area contributed by atoms with Crippen molar-refractivity contribution in [1.29, 1.82) is 0 Å². The van der Waals surface area contributed by atoms with Crippen molar-refractivity contribution >= 4 is 35.5 Å². The number of benzene rings is 2. The average molecular weight is 556 g/mol. The molecular formula is C29H32ClF2N5O2. The van der Waals surface area contributed by atoms with Gasteiger partial charge in [-0.05, 0) is 31.7 Å². The number of piperazine rings is 1. The molecule has 1 fully saturated rings. The van der Waals surface area contributed by atoms with E-state index in [0.717, 1.165) is 11.8 Å². The number of amides is 2. The number of anilines is 1. The third kappa shape index (κ3) is 5.60. The van der Waals surface area contributed by atoms with Gasteiger partial charge in [-0.2, -0.15) is 5.10 Å². The van der Waals surface area contributed by atoms with Crippen LogP contribution in [-0.2, 0) is 11.2 Å². The molecule has 0 N–H and O–H groups in total. The molecule has 206 valence electrons. The molecule has 2 aliphatic rings. The van der Waals surface area contributed by atoms with E-state index >= 15 is 8.78 Å². The normalized spacial score (nSPS) is 18.3. The Labute approximate surface area is 233 Å². The largest absolute Gasteiger partial charge is 0.337 e. The monoisotopic (exact) mass is 555 g/mol. The van der Waals surface area contributed by atoms with E-state index in [0.29, 0.717) is 49.5 Å². The molecule has 39 heavy (non-hydrogen) atoms. The summed E-state index contributed by atoms with van der Waals surface area (Å²) in [6.45, 7) is 4.11. The number of halogens is 3. The van der Waals surface area contributed by atoms with Crippen LogP contribution in [0, 0.1) is 0 Å². The van der Waals surface area contributed by atoms with E-state index in [2.05, 4.69) is 10.00 Å². The van der Waals surface area contributed by atoms with Crippen molar-refractivity contribution in [2.45, 2.75) is 25.7 Å². The Morgan fingerprint density at radius 2 is 1.64 bits per heavy atom. The third-order valence-electron chi connectivity index (χ3n) is 7.29. The number of aromatic nitrogens is 2. The minimum absolute atomic E-state index is 0. The molecule has 5 rings (SSSR count). The molecule has 1 aromatic heterocycles. The number of allylic oxidation sites excluding steroid dienone is 1. The van der Waals surface area contributed by atoms with Crippen LogP contribution in [-0.4, -0.2) is 77.1 Å². The molecular weight excluding hydrogens is 524 g/mol. The average Bonchev–Trinajstić information content (AvgIpc) is 3.32. The zero-order valence-corrected chi connectivity index (χ0v) is 22.8. The lowest BCUT2D eigenvalue weighted by Crippen LogP contribution is -2.46. The zero-order valence-electron chi connectivity index (χ0n) is 22.0. The van der Waals surface area contributed by atoms with Crippen LogP contribution in [0.5, 0.6) is 0 Å². The fourth-order valence-corrected chi connectivity index (χ4v) is 5.11. The van der Waals surface area contributed by atoms with Crippen molar-refractivity contribution in [3.05, 3.63) is 83.7 Å². The van der Waals surface area contributed by atoms with Gasteiger partial charge in [0.25, 0.3) is 11.8 Å². The Kier molecular flexibility index (Phi) is 8.51. The first-order valence-corrected chi connectivity index (χ1v) is 12.9. The van der Waals surface area contributed by atoms with Crippen LogP contribution < -0.4 is 4.90 Å². The van der Waals surface area contributed by atoms with Gasteiger partial charge >= 0.3 is 0 Å². The predicted molar refractivity (Wildman–Crippen MR) is 150 cm³/mol. The van der Waals surface area contributed by atoms with Crippen LogP contribution >= 0.6 is 12.4 Å². The summed E-state index contributed by atoms with van der Waals surface area (Å²) >= 11 is 0. The molecule has 3 heterocycles. The van der Waals surface area contributed by atoms with Gasteiger partial charge < -0.3 is 14.7 Å². The summed E-state index contributed by atoms with van der Waals surface area (Å²) in [4.78, 5) is 32.0. The van der Waals surface area contributed by atoms with Gasteiger partial charge in [0.15, 0.2) is 0 Å². The number of hydrogen-bond donors (Lipinski definition) is 0. The standard InChI is InChI=1S/C29H31F2N5O2.ClH/c1-3-25-23(20-32-36(25)21-9-5-4-6-10-21)28(38)35-14-13-29(30,31)24(22-11-7-8-12-26(22)35)19-27(37)34-17-15-33(2)16-18-34;/h4-12,19-20H,3,13-18H2,1-2H3;1H. The van der Waals surface area contributed by atoms with E-state index in [1.165, 1.54) is 11.1 Å². The van der Waals surface area contributed by atoms with E-state index in [-0.39, 0.29) is 36.0 Å². The van der Waals surface area contributed by atoms with Crippen LogP contribution in [0.15, 0.2) is 66.9 Å². The highest BCUT2D eigenvalue weighted by Crippen LogP contribution is 2.43. The van der Waals surface area contributed by atoms with Crippen molar-refractivity contribution in [1.82, 2.24) is 19.6 Å². The topological polar surface area (TPSA) is 61.7 Å². The lowest BCUT2D eigenvalue weighted by molar-refractivity contribution is -0.127. The maximum absolute atomic E-state index is 15.6. The molecule has 1 saturated heterocycles. The van der Waals surface area contributed by atoms with E-state index in [1.54, 1.807) is 33.8 Å². The Balaban J connectivity index is 0.00000353. The molecule has 0 atom stereocenters. The maximum atomic E-state index is 15.6. The van der Waals surface area contributed by atoms with Crippen LogP contribution in [0.4, 0.5) is 14.5 Å². The summed E-state index contributed by atoms with van der Waals surface area (Å²) < 4.78 is 32.9. The van der Waals surface area contributed by atoms with Gasteiger partial charge in [0.1, 0.15) is 0 Å². The van der Waals surface area contributed by atoms with E-state index in [9.17, 15) is 9.59 Å². The Morgan fingerprint density at radius 3 is 2.33 bits per heavy atom. The molecule has 2 aromatic carbocycles. The SMILES string of the molecule is CCc1c(C(=O)N2CCC(F)(F)C(=CC(=O)N3CCN(C)CC3)c3ccccc32)cnn1-c1ccccc1.Cl. The number of para-hydroxylation sites is 2. The van der Waals surface area contributed by atoms with Crippen LogP contribution in [0.3, 0.4) is 0 Å². The van der Waals surface area contributed by atoms with Crippen LogP contribution in [0.25, 0.3) is 11.3 Å². The molecule has 3 aromatic rings. The number of alkyl halides is 2. The Morgan fingerprint density at radius 1 is 0.974 bits per heavy atom. The first kappa shape index (κ1) is 28.4. The van der Waals surface area contributed by atoms with Gasteiger partial charge in [-0.15, -0.1) is 12.4 Å². The molecule has 0 aliphatic carbocycles. The summed E-state index contributed by atoms with van der Waals surface area (Å²) in [6.07, 6.45) is 2.52. The maximum Gasteiger partial charge on any atom is 0.275 e. The van der Waals surface area contributed by atoms with Crippen molar-refractivity contribution in [3.63, 3.8) is 0 Å². The smallest absolute Gasteiger partial charge is 0.275 e. The zero-order chi connectivity index (χ0) is 26.9. The molecule has 0 bridgehead atoms. The van der Waals surface area contributed by atoms with Crippen molar-refractivity contribution in [2.24, 2.45) is 0 Å². The number of likely N-dealkylation sites (N-methyl/N-ethyl adjacent to an activating group) is 1. The van der Waals surface area contributed by atoms with Gasteiger partial charge in [-0.25, -0.2) is 13.5 Å². The third-order valence-corrected chi connectivity index (χ3v) is 7.29. The summed E-state index contributed by atoms with van der Waals surface area (Å²) in [5.74, 6) is -4.10. The second-order valence-corrected chi connectivity index (χ2v) is 9.72. The highest BCUT2D eigenvalue weighted by molar-refractivity contribution is 6.09. The lowest BCUT2D eigenvalue weighted by atomic mass is 9.96. The number of nitrogens with zero attached hydrogens (tertiary/aromatic N) is 5. The van der Waals surface area contributed by atoms with E-state index in [4.69, 9.17) is 0 Å².